The maximum atomic E-state index is 12.7. The SMILES string of the molecule is COC(=O)c1ccc(C(=O)c2ccccc2C(=O)OC)c([N+](=O)[O-])c1. The molecule has 0 radical (unpaired) electrons. The van der Waals surface area contributed by atoms with Gasteiger partial charge in [-0.25, -0.2) is 9.59 Å². The van der Waals surface area contributed by atoms with E-state index in [4.69, 9.17) is 0 Å². The Morgan fingerprint density at radius 2 is 1.48 bits per heavy atom. The van der Waals surface area contributed by atoms with Gasteiger partial charge in [0.25, 0.3) is 5.69 Å². The zero-order chi connectivity index (χ0) is 18.6. The van der Waals surface area contributed by atoms with Crippen LogP contribution in [0.2, 0.25) is 0 Å². The molecule has 128 valence electrons. The largest absolute Gasteiger partial charge is 0.465 e. The van der Waals surface area contributed by atoms with Crippen molar-refractivity contribution in [3.05, 3.63) is 74.8 Å². The summed E-state index contributed by atoms with van der Waals surface area (Å²) in [6.45, 7) is 0. The highest BCUT2D eigenvalue weighted by Gasteiger charge is 2.26. The first kappa shape index (κ1) is 17.8. The van der Waals surface area contributed by atoms with E-state index in [-0.39, 0.29) is 22.3 Å². The highest BCUT2D eigenvalue weighted by molar-refractivity contribution is 6.16. The number of nitrogens with zero attached hydrogens (tertiary/aromatic N) is 1. The van der Waals surface area contributed by atoms with Gasteiger partial charge < -0.3 is 9.47 Å². The topological polar surface area (TPSA) is 113 Å². The first-order chi connectivity index (χ1) is 11.9. The summed E-state index contributed by atoms with van der Waals surface area (Å²) in [5.41, 5.74) is -0.932. The number of esters is 2. The lowest BCUT2D eigenvalue weighted by Gasteiger charge is -2.08. The van der Waals surface area contributed by atoms with Crippen molar-refractivity contribution in [2.75, 3.05) is 14.2 Å². The zero-order valence-corrected chi connectivity index (χ0v) is 13.3. The molecule has 8 heteroatoms. The predicted molar refractivity (Wildman–Crippen MR) is 85.6 cm³/mol. The number of nitro benzene ring substituents is 1. The maximum Gasteiger partial charge on any atom is 0.338 e. The van der Waals surface area contributed by atoms with Crippen LogP contribution < -0.4 is 0 Å². The van der Waals surface area contributed by atoms with Gasteiger partial charge in [0.2, 0.25) is 5.78 Å². The standard InChI is InChI=1S/C17H13NO7/c1-24-16(20)10-7-8-13(14(9-10)18(22)23)15(19)11-5-3-4-6-12(11)17(21)25-2/h3-9H,1-2H3. The van der Waals surface area contributed by atoms with Gasteiger partial charge in [0, 0.05) is 11.6 Å². The number of ether oxygens (including phenoxy) is 2. The first-order valence-corrected chi connectivity index (χ1v) is 6.99. The highest BCUT2D eigenvalue weighted by atomic mass is 16.6. The third-order valence-electron chi connectivity index (χ3n) is 3.44. The Kier molecular flexibility index (Phi) is 5.23. The Morgan fingerprint density at radius 1 is 0.880 bits per heavy atom. The molecular weight excluding hydrogens is 330 g/mol. The molecule has 0 aliphatic heterocycles. The number of nitro groups is 1. The van der Waals surface area contributed by atoms with E-state index < -0.39 is 28.3 Å². The molecule has 0 spiro atoms. The lowest BCUT2D eigenvalue weighted by Crippen LogP contribution is -2.13. The van der Waals surface area contributed by atoms with Crippen molar-refractivity contribution in [3.63, 3.8) is 0 Å². The molecule has 0 N–H and O–H groups in total. The molecule has 25 heavy (non-hydrogen) atoms. The van der Waals surface area contributed by atoms with Crippen LogP contribution in [0, 0.1) is 10.1 Å². The lowest BCUT2D eigenvalue weighted by atomic mass is 9.96. The summed E-state index contributed by atoms with van der Waals surface area (Å²) in [6.07, 6.45) is 0. The van der Waals surface area contributed by atoms with Crippen LogP contribution in [0.15, 0.2) is 42.5 Å². The van der Waals surface area contributed by atoms with E-state index in [9.17, 15) is 24.5 Å². The van der Waals surface area contributed by atoms with Gasteiger partial charge in [0.15, 0.2) is 0 Å². The maximum absolute atomic E-state index is 12.7. The molecule has 2 aromatic carbocycles. The average Bonchev–Trinajstić information content (AvgIpc) is 2.65. The molecule has 2 rings (SSSR count). The average molecular weight is 343 g/mol. The van der Waals surface area contributed by atoms with Crippen LogP contribution in [0.3, 0.4) is 0 Å². The number of hydrogen-bond donors (Lipinski definition) is 0. The molecule has 0 aliphatic rings. The van der Waals surface area contributed by atoms with Crippen molar-refractivity contribution in [3.8, 4) is 0 Å². The minimum Gasteiger partial charge on any atom is -0.465 e. The molecule has 0 unspecified atom stereocenters. The van der Waals surface area contributed by atoms with Crippen LogP contribution in [0.5, 0.6) is 0 Å². The normalized spacial score (nSPS) is 10.0. The quantitative estimate of drug-likeness (QED) is 0.354. The van der Waals surface area contributed by atoms with Gasteiger partial charge in [-0.05, 0) is 18.2 Å². The number of ketones is 1. The second-order valence-electron chi connectivity index (χ2n) is 4.85. The molecule has 0 amide bonds. The summed E-state index contributed by atoms with van der Waals surface area (Å²) in [4.78, 5) is 46.6. The van der Waals surface area contributed by atoms with Gasteiger partial charge in [0.1, 0.15) is 5.56 Å². The smallest absolute Gasteiger partial charge is 0.338 e. The Morgan fingerprint density at radius 3 is 2.04 bits per heavy atom. The van der Waals surface area contributed by atoms with Crippen LogP contribution in [0.25, 0.3) is 0 Å². The van der Waals surface area contributed by atoms with Gasteiger partial charge >= 0.3 is 11.9 Å². The van der Waals surface area contributed by atoms with Crippen molar-refractivity contribution in [1.82, 2.24) is 0 Å². The van der Waals surface area contributed by atoms with Crippen molar-refractivity contribution in [1.29, 1.82) is 0 Å². The van der Waals surface area contributed by atoms with Crippen LogP contribution in [-0.2, 0) is 9.47 Å². The number of rotatable bonds is 5. The van der Waals surface area contributed by atoms with Gasteiger partial charge in [-0.3, -0.25) is 14.9 Å². The van der Waals surface area contributed by atoms with Gasteiger partial charge in [-0.15, -0.1) is 0 Å². The Balaban J connectivity index is 2.59. The summed E-state index contributed by atoms with van der Waals surface area (Å²) in [6, 6.07) is 9.17. The van der Waals surface area contributed by atoms with Crippen LogP contribution in [-0.4, -0.2) is 36.9 Å². The molecule has 0 bridgehead atoms. The van der Waals surface area contributed by atoms with E-state index in [0.717, 1.165) is 26.4 Å². The number of benzene rings is 2. The fourth-order valence-corrected chi connectivity index (χ4v) is 2.23. The summed E-state index contributed by atoms with van der Waals surface area (Å²) in [7, 11) is 2.30. The molecule has 2 aromatic rings. The van der Waals surface area contributed by atoms with Crippen molar-refractivity contribution in [2.24, 2.45) is 0 Å². The van der Waals surface area contributed by atoms with Crippen molar-refractivity contribution in [2.45, 2.75) is 0 Å². The third-order valence-corrected chi connectivity index (χ3v) is 3.44. The molecule has 0 saturated carbocycles. The lowest BCUT2D eigenvalue weighted by molar-refractivity contribution is -0.385. The van der Waals surface area contributed by atoms with Crippen LogP contribution >= 0.6 is 0 Å². The molecule has 0 fully saturated rings. The highest BCUT2D eigenvalue weighted by Crippen LogP contribution is 2.25. The van der Waals surface area contributed by atoms with Crippen molar-refractivity contribution < 1.29 is 28.8 Å². The predicted octanol–water partition coefficient (Wildman–Crippen LogP) is 2.40. The summed E-state index contributed by atoms with van der Waals surface area (Å²) in [5.74, 6) is -2.24. The number of hydrogen-bond acceptors (Lipinski definition) is 7. The van der Waals surface area contributed by atoms with E-state index >= 15 is 0 Å². The van der Waals surface area contributed by atoms with Gasteiger partial charge in [0.05, 0.1) is 30.3 Å². The minimum absolute atomic E-state index is 0.0126. The van der Waals surface area contributed by atoms with Crippen molar-refractivity contribution >= 4 is 23.4 Å². The zero-order valence-electron chi connectivity index (χ0n) is 13.3. The minimum atomic E-state index is -0.777. The Hall–Kier alpha value is -3.55. The van der Waals surface area contributed by atoms with E-state index in [0.29, 0.717) is 0 Å². The number of carbonyl (C=O) groups excluding carboxylic acids is 3. The fourth-order valence-electron chi connectivity index (χ4n) is 2.23. The Bertz CT molecular complexity index is 873. The number of methoxy groups -OCH3 is 2. The number of carbonyl (C=O) groups is 3. The summed E-state index contributed by atoms with van der Waals surface area (Å²) in [5, 5.41) is 11.3. The molecule has 0 aliphatic carbocycles. The molecule has 8 nitrogen and oxygen atoms in total. The first-order valence-electron chi connectivity index (χ1n) is 6.99. The van der Waals surface area contributed by atoms with Crippen LogP contribution in [0.4, 0.5) is 5.69 Å². The summed E-state index contributed by atoms with van der Waals surface area (Å²) >= 11 is 0. The Labute approximate surface area is 142 Å². The monoisotopic (exact) mass is 343 g/mol. The molecular formula is C17H13NO7. The van der Waals surface area contributed by atoms with E-state index in [1.54, 1.807) is 0 Å². The van der Waals surface area contributed by atoms with E-state index in [1.165, 1.54) is 30.3 Å². The van der Waals surface area contributed by atoms with Crippen LogP contribution in [0.1, 0.15) is 36.6 Å². The second kappa shape index (κ2) is 7.35. The second-order valence-corrected chi connectivity index (χ2v) is 4.85. The van der Waals surface area contributed by atoms with E-state index in [1.807, 2.05) is 0 Å². The fraction of sp³-hybridized carbons (Fsp3) is 0.118. The summed E-state index contributed by atoms with van der Waals surface area (Å²) < 4.78 is 9.13. The van der Waals surface area contributed by atoms with E-state index in [2.05, 4.69) is 9.47 Å². The molecule has 0 aromatic heterocycles. The van der Waals surface area contributed by atoms with Gasteiger partial charge in [-0.2, -0.15) is 0 Å². The molecule has 0 saturated heterocycles. The van der Waals surface area contributed by atoms with Gasteiger partial charge in [-0.1, -0.05) is 18.2 Å². The molecule has 0 heterocycles. The third kappa shape index (κ3) is 3.52. The molecule has 0 atom stereocenters.